The molecule has 0 radical (unpaired) electrons. The zero-order chi connectivity index (χ0) is 18.1. The summed E-state index contributed by atoms with van der Waals surface area (Å²) in [6.45, 7) is 1.99. The third kappa shape index (κ3) is 3.57. The molecule has 9 heteroatoms. The molecule has 3 heterocycles. The van der Waals surface area contributed by atoms with Crippen LogP contribution < -0.4 is 10.6 Å². The number of halogens is 3. The first kappa shape index (κ1) is 17.7. The van der Waals surface area contributed by atoms with E-state index in [0.717, 1.165) is 24.5 Å². The van der Waals surface area contributed by atoms with Crippen LogP contribution in [-0.4, -0.2) is 33.3 Å². The van der Waals surface area contributed by atoms with Crippen LogP contribution in [0.3, 0.4) is 0 Å². The fourth-order valence-corrected chi connectivity index (χ4v) is 4.11. The predicted molar refractivity (Wildman–Crippen MR) is 104 cm³/mol. The van der Waals surface area contributed by atoms with Gasteiger partial charge in [-0.15, -0.1) is 11.8 Å². The van der Waals surface area contributed by atoms with Crippen LogP contribution in [0.5, 0.6) is 0 Å². The first-order chi connectivity index (χ1) is 12.6. The van der Waals surface area contributed by atoms with Gasteiger partial charge < -0.3 is 10.6 Å². The van der Waals surface area contributed by atoms with E-state index in [4.69, 9.17) is 23.2 Å². The van der Waals surface area contributed by atoms with Gasteiger partial charge in [-0.3, -0.25) is 0 Å². The van der Waals surface area contributed by atoms with Gasteiger partial charge in [-0.25, -0.2) is 19.3 Å². The molecule has 5 nitrogen and oxygen atoms in total. The standard InChI is InChI=1S/C17H14Cl2FN5S/c18-10-1-2-11(15(20)14(10)19)24-17-16-12(22-8-23-17)3-4-13(25-16)26-9-5-6-21-7-9/h1-4,8-9,21H,5-7H2,(H,22,23,24). The van der Waals surface area contributed by atoms with E-state index in [9.17, 15) is 4.39 Å². The van der Waals surface area contributed by atoms with E-state index in [2.05, 4.69) is 25.6 Å². The number of benzene rings is 1. The lowest BCUT2D eigenvalue weighted by molar-refractivity contribution is 0.632. The monoisotopic (exact) mass is 409 g/mol. The molecule has 0 spiro atoms. The minimum absolute atomic E-state index is 0.132. The van der Waals surface area contributed by atoms with Crippen LogP contribution in [0.2, 0.25) is 10.0 Å². The van der Waals surface area contributed by atoms with Crippen LogP contribution in [0.4, 0.5) is 15.9 Å². The molecule has 26 heavy (non-hydrogen) atoms. The smallest absolute Gasteiger partial charge is 0.166 e. The van der Waals surface area contributed by atoms with Gasteiger partial charge in [0.25, 0.3) is 0 Å². The Hall–Kier alpha value is -1.67. The molecule has 1 aliphatic rings. The SMILES string of the molecule is Fc1c(Nc2ncnc3ccc(SC4CCNC4)nc23)ccc(Cl)c1Cl. The van der Waals surface area contributed by atoms with Crippen LogP contribution >= 0.6 is 35.0 Å². The van der Waals surface area contributed by atoms with Crippen molar-refractivity contribution >= 4 is 57.5 Å². The summed E-state index contributed by atoms with van der Waals surface area (Å²) in [4.78, 5) is 13.1. The highest BCUT2D eigenvalue weighted by Crippen LogP contribution is 2.33. The number of rotatable bonds is 4. The van der Waals surface area contributed by atoms with Gasteiger partial charge in [0.15, 0.2) is 11.6 Å². The topological polar surface area (TPSA) is 62.7 Å². The van der Waals surface area contributed by atoms with Crippen molar-refractivity contribution in [2.45, 2.75) is 16.7 Å². The summed E-state index contributed by atoms with van der Waals surface area (Å²) in [5.74, 6) is -0.215. The summed E-state index contributed by atoms with van der Waals surface area (Å²) in [6, 6.07) is 6.88. The average molecular weight is 410 g/mol. The lowest BCUT2D eigenvalue weighted by Gasteiger charge is -2.12. The van der Waals surface area contributed by atoms with E-state index in [0.29, 0.717) is 22.1 Å². The van der Waals surface area contributed by atoms with Crippen molar-refractivity contribution in [3.8, 4) is 0 Å². The number of hydrogen-bond donors (Lipinski definition) is 2. The summed E-state index contributed by atoms with van der Waals surface area (Å²) >= 11 is 13.4. The summed E-state index contributed by atoms with van der Waals surface area (Å²) in [6.07, 6.45) is 2.52. The van der Waals surface area contributed by atoms with Gasteiger partial charge >= 0.3 is 0 Å². The molecular formula is C17H14Cl2FN5S. The summed E-state index contributed by atoms with van der Waals surface area (Å²) in [7, 11) is 0. The third-order valence-corrected chi connectivity index (χ3v) is 6.03. The van der Waals surface area contributed by atoms with Crippen molar-refractivity contribution < 1.29 is 4.39 Å². The molecule has 0 saturated carbocycles. The summed E-state index contributed by atoms with van der Waals surface area (Å²) < 4.78 is 14.3. The van der Waals surface area contributed by atoms with Gasteiger partial charge in [0, 0.05) is 11.8 Å². The molecule has 1 aromatic carbocycles. The summed E-state index contributed by atoms with van der Waals surface area (Å²) in [5, 5.41) is 7.70. The molecule has 4 rings (SSSR count). The van der Waals surface area contributed by atoms with Gasteiger partial charge in [-0.05, 0) is 37.2 Å². The van der Waals surface area contributed by atoms with Crippen LogP contribution in [0, 0.1) is 5.82 Å². The molecule has 2 aromatic heterocycles. The second kappa shape index (κ2) is 7.52. The number of nitrogens with one attached hydrogen (secondary N) is 2. The quantitative estimate of drug-likeness (QED) is 0.610. The fraction of sp³-hybridized carbons (Fsp3) is 0.235. The number of fused-ring (bicyclic) bond motifs is 1. The zero-order valence-electron chi connectivity index (χ0n) is 13.5. The van der Waals surface area contributed by atoms with Crippen molar-refractivity contribution in [1.29, 1.82) is 0 Å². The van der Waals surface area contributed by atoms with E-state index in [1.807, 2.05) is 12.1 Å². The fourth-order valence-electron chi connectivity index (χ4n) is 2.73. The largest absolute Gasteiger partial charge is 0.336 e. The van der Waals surface area contributed by atoms with Crippen molar-refractivity contribution in [2.75, 3.05) is 18.4 Å². The number of anilines is 2. The van der Waals surface area contributed by atoms with E-state index in [-0.39, 0.29) is 15.7 Å². The molecule has 0 amide bonds. The van der Waals surface area contributed by atoms with Gasteiger partial charge in [-0.2, -0.15) is 0 Å². The van der Waals surface area contributed by atoms with Gasteiger partial charge in [0.2, 0.25) is 0 Å². The second-order valence-corrected chi connectivity index (χ2v) is 7.93. The third-order valence-electron chi connectivity index (χ3n) is 4.05. The number of pyridine rings is 1. The normalized spacial score (nSPS) is 17.0. The number of hydrogen-bond acceptors (Lipinski definition) is 6. The van der Waals surface area contributed by atoms with Crippen LogP contribution in [0.25, 0.3) is 11.0 Å². The molecule has 2 N–H and O–H groups in total. The molecule has 134 valence electrons. The molecule has 3 aromatic rings. The summed E-state index contributed by atoms with van der Waals surface area (Å²) in [5.41, 5.74) is 1.44. The van der Waals surface area contributed by atoms with Crippen LogP contribution in [0.1, 0.15) is 6.42 Å². The Morgan fingerprint density at radius 3 is 2.88 bits per heavy atom. The van der Waals surface area contributed by atoms with E-state index >= 15 is 0 Å². The van der Waals surface area contributed by atoms with E-state index < -0.39 is 5.82 Å². The molecule has 1 saturated heterocycles. The van der Waals surface area contributed by atoms with Crippen molar-refractivity contribution in [1.82, 2.24) is 20.3 Å². The Morgan fingerprint density at radius 1 is 1.19 bits per heavy atom. The molecule has 0 bridgehead atoms. The maximum absolute atomic E-state index is 14.3. The molecule has 1 fully saturated rings. The Kier molecular flexibility index (Phi) is 5.13. The first-order valence-corrected chi connectivity index (χ1v) is 9.65. The lowest BCUT2D eigenvalue weighted by atomic mass is 10.3. The Balaban J connectivity index is 1.69. The van der Waals surface area contributed by atoms with Crippen molar-refractivity contribution in [3.63, 3.8) is 0 Å². The highest BCUT2D eigenvalue weighted by Gasteiger charge is 2.18. The van der Waals surface area contributed by atoms with Gasteiger partial charge in [0.05, 0.1) is 26.3 Å². The first-order valence-electron chi connectivity index (χ1n) is 8.01. The van der Waals surface area contributed by atoms with E-state index in [1.165, 1.54) is 18.5 Å². The van der Waals surface area contributed by atoms with Crippen molar-refractivity contribution in [3.05, 3.63) is 46.5 Å². The van der Waals surface area contributed by atoms with Crippen LogP contribution in [0.15, 0.2) is 35.6 Å². The Labute approximate surface area is 163 Å². The molecule has 1 aliphatic heterocycles. The van der Waals surface area contributed by atoms with Crippen molar-refractivity contribution in [2.24, 2.45) is 0 Å². The van der Waals surface area contributed by atoms with E-state index in [1.54, 1.807) is 11.8 Å². The average Bonchev–Trinajstić information content (AvgIpc) is 3.15. The predicted octanol–water partition coefficient (Wildman–Crippen LogP) is 4.67. The molecule has 1 unspecified atom stereocenters. The van der Waals surface area contributed by atoms with Gasteiger partial charge in [-0.1, -0.05) is 23.2 Å². The maximum atomic E-state index is 14.3. The maximum Gasteiger partial charge on any atom is 0.166 e. The minimum atomic E-state index is -0.631. The number of nitrogens with zero attached hydrogens (tertiary/aromatic N) is 3. The lowest BCUT2D eigenvalue weighted by Crippen LogP contribution is -2.10. The molecule has 0 aliphatic carbocycles. The van der Waals surface area contributed by atoms with Gasteiger partial charge in [0.1, 0.15) is 11.8 Å². The Morgan fingerprint density at radius 2 is 2.08 bits per heavy atom. The highest BCUT2D eigenvalue weighted by molar-refractivity contribution is 7.99. The number of thioether (sulfide) groups is 1. The van der Waals surface area contributed by atoms with Crippen LogP contribution in [-0.2, 0) is 0 Å². The molecule has 1 atom stereocenters. The molecular weight excluding hydrogens is 396 g/mol. The number of aromatic nitrogens is 3. The highest BCUT2D eigenvalue weighted by atomic mass is 35.5. The Bertz CT molecular complexity index is 965. The zero-order valence-corrected chi connectivity index (χ0v) is 15.8. The second-order valence-electron chi connectivity index (χ2n) is 5.82. The minimum Gasteiger partial charge on any atom is -0.336 e.